The molecule has 2 nitrogen and oxygen atoms in total. The number of thioether (sulfide) groups is 1. The molecule has 26 heavy (non-hydrogen) atoms. The summed E-state index contributed by atoms with van der Waals surface area (Å²) in [6.07, 6.45) is 5.74. The number of aromatic nitrogens is 2. The minimum atomic E-state index is 0.966. The number of hydrogen-bond donors (Lipinski definition) is 0. The van der Waals surface area contributed by atoms with Gasteiger partial charge in [0.2, 0.25) is 0 Å². The summed E-state index contributed by atoms with van der Waals surface area (Å²) in [5.41, 5.74) is 6.61. The molecule has 0 aliphatic rings. The highest BCUT2D eigenvalue weighted by Gasteiger charge is 2.15. The van der Waals surface area contributed by atoms with Gasteiger partial charge < -0.3 is 0 Å². The van der Waals surface area contributed by atoms with Crippen LogP contribution in [0.15, 0.2) is 96.3 Å². The average molecular weight is 354 g/mol. The molecule has 0 bridgehead atoms. The molecule has 4 aromatic rings. The van der Waals surface area contributed by atoms with Crippen LogP contribution in [0.4, 0.5) is 0 Å². The zero-order chi connectivity index (χ0) is 17.8. The SMILES string of the molecule is CSc1nc(-c2cccnc2)c(-c2ccccc2)cc1-c1ccccc1. The van der Waals surface area contributed by atoms with Crippen LogP contribution in [0.3, 0.4) is 0 Å². The molecule has 0 spiro atoms. The van der Waals surface area contributed by atoms with Crippen LogP contribution in [-0.4, -0.2) is 16.2 Å². The van der Waals surface area contributed by atoms with E-state index in [1.165, 1.54) is 5.56 Å². The van der Waals surface area contributed by atoms with Crippen LogP contribution in [0.5, 0.6) is 0 Å². The van der Waals surface area contributed by atoms with Crippen molar-refractivity contribution in [1.29, 1.82) is 0 Å². The Balaban J connectivity index is 2.00. The van der Waals surface area contributed by atoms with Crippen molar-refractivity contribution in [3.63, 3.8) is 0 Å². The highest BCUT2D eigenvalue weighted by molar-refractivity contribution is 7.98. The summed E-state index contributed by atoms with van der Waals surface area (Å²) < 4.78 is 0. The van der Waals surface area contributed by atoms with Gasteiger partial charge in [-0.15, -0.1) is 11.8 Å². The van der Waals surface area contributed by atoms with Crippen molar-refractivity contribution in [2.45, 2.75) is 5.03 Å². The van der Waals surface area contributed by atoms with Crippen LogP contribution < -0.4 is 0 Å². The van der Waals surface area contributed by atoms with E-state index >= 15 is 0 Å². The largest absolute Gasteiger partial charge is 0.264 e. The molecule has 126 valence electrons. The van der Waals surface area contributed by atoms with Gasteiger partial charge in [0.05, 0.1) is 5.69 Å². The Kier molecular flexibility index (Phi) is 4.80. The Bertz CT molecular complexity index is 1000. The topological polar surface area (TPSA) is 25.8 Å². The molecular weight excluding hydrogens is 336 g/mol. The second kappa shape index (κ2) is 7.54. The van der Waals surface area contributed by atoms with E-state index in [0.717, 1.165) is 33.0 Å². The van der Waals surface area contributed by atoms with Crippen molar-refractivity contribution >= 4 is 11.8 Å². The van der Waals surface area contributed by atoms with E-state index in [4.69, 9.17) is 4.98 Å². The van der Waals surface area contributed by atoms with E-state index in [9.17, 15) is 0 Å². The molecule has 0 saturated heterocycles. The quantitative estimate of drug-likeness (QED) is 0.408. The average Bonchev–Trinajstić information content (AvgIpc) is 2.74. The Labute approximate surface area is 158 Å². The van der Waals surface area contributed by atoms with Crippen molar-refractivity contribution in [1.82, 2.24) is 9.97 Å². The van der Waals surface area contributed by atoms with Crippen LogP contribution in [0.25, 0.3) is 33.5 Å². The van der Waals surface area contributed by atoms with Crippen molar-refractivity contribution in [3.05, 3.63) is 91.3 Å². The number of hydrogen-bond acceptors (Lipinski definition) is 3. The monoisotopic (exact) mass is 354 g/mol. The highest BCUT2D eigenvalue weighted by atomic mass is 32.2. The maximum absolute atomic E-state index is 5.04. The van der Waals surface area contributed by atoms with E-state index in [-0.39, 0.29) is 0 Å². The molecule has 0 aliphatic heterocycles. The summed E-state index contributed by atoms with van der Waals surface area (Å²) in [7, 11) is 0. The van der Waals surface area contributed by atoms with Crippen molar-refractivity contribution in [2.75, 3.05) is 6.26 Å². The molecule has 2 heterocycles. The zero-order valence-electron chi connectivity index (χ0n) is 14.5. The lowest BCUT2D eigenvalue weighted by atomic mass is 9.96. The molecule has 2 aromatic heterocycles. The third-order valence-corrected chi connectivity index (χ3v) is 4.98. The molecule has 0 aliphatic carbocycles. The highest BCUT2D eigenvalue weighted by Crippen LogP contribution is 2.38. The smallest absolute Gasteiger partial charge is 0.104 e. The maximum atomic E-state index is 5.04. The summed E-state index contributed by atoms with van der Waals surface area (Å²) in [6.45, 7) is 0. The Morgan fingerprint density at radius 1 is 0.692 bits per heavy atom. The molecule has 0 saturated carbocycles. The molecule has 0 radical (unpaired) electrons. The molecule has 0 atom stereocenters. The lowest BCUT2D eigenvalue weighted by Crippen LogP contribution is -1.95. The van der Waals surface area contributed by atoms with Gasteiger partial charge in [-0.3, -0.25) is 4.98 Å². The molecule has 4 rings (SSSR count). The van der Waals surface area contributed by atoms with E-state index in [0.29, 0.717) is 0 Å². The lowest BCUT2D eigenvalue weighted by Gasteiger charge is -2.15. The van der Waals surface area contributed by atoms with E-state index in [1.54, 1.807) is 18.0 Å². The maximum Gasteiger partial charge on any atom is 0.104 e. The molecule has 0 amide bonds. The first-order valence-corrected chi connectivity index (χ1v) is 9.69. The molecule has 0 unspecified atom stereocenters. The molecule has 0 fully saturated rings. The van der Waals surface area contributed by atoms with E-state index in [1.807, 2.05) is 24.4 Å². The third-order valence-electron chi connectivity index (χ3n) is 4.29. The predicted octanol–water partition coefficient (Wildman–Crippen LogP) is 6.20. The van der Waals surface area contributed by atoms with Crippen LogP contribution in [0.2, 0.25) is 0 Å². The molecule has 2 aromatic carbocycles. The van der Waals surface area contributed by atoms with Gasteiger partial charge >= 0.3 is 0 Å². The standard InChI is InChI=1S/C23H18N2S/c1-26-23-21(18-11-6-3-7-12-18)15-20(17-9-4-2-5-10-17)22(25-23)19-13-8-14-24-16-19/h2-16H,1H3. The van der Waals surface area contributed by atoms with Crippen LogP contribution >= 0.6 is 11.8 Å². The van der Waals surface area contributed by atoms with Crippen LogP contribution in [0.1, 0.15) is 0 Å². The lowest BCUT2D eigenvalue weighted by molar-refractivity contribution is 1.14. The van der Waals surface area contributed by atoms with Crippen LogP contribution in [0, 0.1) is 0 Å². The first kappa shape index (κ1) is 16.6. The van der Waals surface area contributed by atoms with Gasteiger partial charge in [-0.2, -0.15) is 0 Å². The zero-order valence-corrected chi connectivity index (χ0v) is 15.3. The van der Waals surface area contributed by atoms with Crippen molar-refractivity contribution in [2.24, 2.45) is 0 Å². The first-order chi connectivity index (χ1) is 12.9. The van der Waals surface area contributed by atoms with Gasteiger partial charge in [-0.1, -0.05) is 60.7 Å². The van der Waals surface area contributed by atoms with Crippen LogP contribution in [-0.2, 0) is 0 Å². The fraction of sp³-hybridized carbons (Fsp3) is 0.0435. The molecule has 3 heteroatoms. The summed E-state index contributed by atoms with van der Waals surface area (Å²) in [5, 5.41) is 1.02. The molecule has 0 N–H and O–H groups in total. The number of benzene rings is 2. The Morgan fingerprint density at radius 3 is 1.88 bits per heavy atom. The second-order valence-electron chi connectivity index (χ2n) is 5.92. The van der Waals surface area contributed by atoms with E-state index in [2.05, 4.69) is 71.9 Å². The number of pyridine rings is 2. The predicted molar refractivity (Wildman–Crippen MR) is 110 cm³/mol. The Morgan fingerprint density at radius 2 is 1.31 bits per heavy atom. The summed E-state index contributed by atoms with van der Waals surface area (Å²) in [4.78, 5) is 9.32. The normalized spacial score (nSPS) is 10.7. The first-order valence-electron chi connectivity index (χ1n) is 8.47. The second-order valence-corrected chi connectivity index (χ2v) is 6.71. The van der Waals surface area contributed by atoms with Crippen molar-refractivity contribution < 1.29 is 0 Å². The number of rotatable bonds is 4. The minimum absolute atomic E-state index is 0.966. The summed E-state index contributed by atoms with van der Waals surface area (Å²) >= 11 is 1.67. The van der Waals surface area contributed by atoms with Gasteiger partial charge in [0.1, 0.15) is 5.03 Å². The van der Waals surface area contributed by atoms with Gasteiger partial charge in [-0.25, -0.2) is 4.98 Å². The Hall–Kier alpha value is -2.91. The molecular formula is C23H18N2S. The van der Waals surface area contributed by atoms with Crippen molar-refractivity contribution in [3.8, 4) is 33.5 Å². The van der Waals surface area contributed by atoms with Gasteiger partial charge in [0.15, 0.2) is 0 Å². The minimum Gasteiger partial charge on any atom is -0.264 e. The van der Waals surface area contributed by atoms with Gasteiger partial charge in [0.25, 0.3) is 0 Å². The van der Waals surface area contributed by atoms with Gasteiger partial charge in [-0.05, 0) is 35.6 Å². The van der Waals surface area contributed by atoms with Gasteiger partial charge in [0, 0.05) is 29.1 Å². The number of nitrogens with zero attached hydrogens (tertiary/aromatic N) is 2. The fourth-order valence-electron chi connectivity index (χ4n) is 3.04. The fourth-order valence-corrected chi connectivity index (χ4v) is 3.62. The summed E-state index contributed by atoms with van der Waals surface area (Å²) in [6, 6.07) is 27.1. The third kappa shape index (κ3) is 3.26. The van der Waals surface area contributed by atoms with E-state index < -0.39 is 0 Å². The summed E-state index contributed by atoms with van der Waals surface area (Å²) in [5.74, 6) is 0.